The van der Waals surface area contributed by atoms with Crippen LogP contribution in [0.4, 0.5) is 5.69 Å². The van der Waals surface area contributed by atoms with E-state index in [0.29, 0.717) is 25.2 Å². The SMILES string of the molecule is CCCCn1ncc(NCCc2ncn(C)n2)c(Cl)c1=O. The number of aromatic nitrogens is 5. The van der Waals surface area contributed by atoms with Gasteiger partial charge in [0, 0.05) is 26.6 Å². The third-order valence-electron chi connectivity index (χ3n) is 3.02. The number of unbranched alkanes of at least 4 members (excludes halogenated alkanes) is 1. The molecule has 1 N–H and O–H groups in total. The Balaban J connectivity index is 1.97. The lowest BCUT2D eigenvalue weighted by Crippen LogP contribution is -2.24. The zero-order valence-electron chi connectivity index (χ0n) is 12.2. The topological polar surface area (TPSA) is 77.6 Å². The van der Waals surface area contributed by atoms with Crippen molar-refractivity contribution in [2.45, 2.75) is 32.7 Å². The number of nitrogens with one attached hydrogen (secondary N) is 1. The van der Waals surface area contributed by atoms with Crippen molar-refractivity contribution < 1.29 is 0 Å². The summed E-state index contributed by atoms with van der Waals surface area (Å²) in [4.78, 5) is 16.2. The Morgan fingerprint density at radius 2 is 2.24 bits per heavy atom. The Morgan fingerprint density at radius 3 is 2.90 bits per heavy atom. The highest BCUT2D eigenvalue weighted by molar-refractivity contribution is 6.32. The predicted molar refractivity (Wildman–Crippen MR) is 81.6 cm³/mol. The maximum atomic E-state index is 12.0. The van der Waals surface area contributed by atoms with Crippen molar-refractivity contribution in [2.75, 3.05) is 11.9 Å². The van der Waals surface area contributed by atoms with Crippen molar-refractivity contribution in [2.24, 2.45) is 7.05 Å². The molecule has 0 aromatic carbocycles. The fourth-order valence-corrected chi connectivity index (χ4v) is 2.08. The largest absolute Gasteiger partial charge is 0.382 e. The molecule has 2 heterocycles. The Bertz CT molecular complexity index is 650. The number of anilines is 1. The van der Waals surface area contributed by atoms with Crippen LogP contribution in [-0.4, -0.2) is 31.1 Å². The molecule has 0 bridgehead atoms. The van der Waals surface area contributed by atoms with Crippen molar-refractivity contribution >= 4 is 17.3 Å². The standard InChI is InChI=1S/C13H19ClN6O/c1-3-4-7-20-13(21)12(14)10(8-17-20)15-6-5-11-16-9-19(2)18-11/h8-9,15H,3-7H2,1-2H3. The molecule has 0 saturated heterocycles. The number of aryl methyl sites for hydroxylation is 2. The zero-order valence-corrected chi connectivity index (χ0v) is 13.0. The molecule has 0 saturated carbocycles. The summed E-state index contributed by atoms with van der Waals surface area (Å²) < 4.78 is 3.05. The molecule has 2 aromatic heterocycles. The van der Waals surface area contributed by atoms with Crippen LogP contribution in [0.15, 0.2) is 17.3 Å². The molecule has 0 unspecified atom stereocenters. The molecule has 21 heavy (non-hydrogen) atoms. The molecule has 114 valence electrons. The fourth-order valence-electron chi connectivity index (χ4n) is 1.86. The summed E-state index contributed by atoms with van der Waals surface area (Å²) in [6.45, 7) is 3.24. The maximum absolute atomic E-state index is 12.0. The summed E-state index contributed by atoms with van der Waals surface area (Å²) >= 11 is 6.09. The van der Waals surface area contributed by atoms with Gasteiger partial charge in [-0.05, 0) is 6.42 Å². The van der Waals surface area contributed by atoms with E-state index in [9.17, 15) is 4.79 Å². The number of hydrogen-bond donors (Lipinski definition) is 1. The first-order valence-corrected chi connectivity index (χ1v) is 7.33. The van der Waals surface area contributed by atoms with Crippen LogP contribution < -0.4 is 10.9 Å². The average molecular weight is 311 g/mol. The van der Waals surface area contributed by atoms with Crippen molar-refractivity contribution in [3.63, 3.8) is 0 Å². The minimum absolute atomic E-state index is 0.176. The number of rotatable bonds is 7. The molecule has 0 atom stereocenters. The normalized spacial score (nSPS) is 10.8. The maximum Gasteiger partial charge on any atom is 0.287 e. The molecule has 0 aliphatic carbocycles. The lowest BCUT2D eigenvalue weighted by Gasteiger charge is -2.09. The van der Waals surface area contributed by atoms with Crippen LogP contribution in [0.25, 0.3) is 0 Å². The van der Waals surface area contributed by atoms with Crippen LogP contribution in [0.5, 0.6) is 0 Å². The van der Waals surface area contributed by atoms with Gasteiger partial charge in [-0.2, -0.15) is 10.2 Å². The number of halogens is 1. The van der Waals surface area contributed by atoms with E-state index in [2.05, 4.69) is 27.4 Å². The first-order chi connectivity index (χ1) is 10.1. The van der Waals surface area contributed by atoms with Gasteiger partial charge in [-0.3, -0.25) is 9.48 Å². The van der Waals surface area contributed by atoms with Crippen LogP contribution in [0.1, 0.15) is 25.6 Å². The second-order valence-corrected chi connectivity index (χ2v) is 5.14. The van der Waals surface area contributed by atoms with E-state index >= 15 is 0 Å². The van der Waals surface area contributed by atoms with Crippen LogP contribution in [-0.2, 0) is 20.0 Å². The highest BCUT2D eigenvalue weighted by Gasteiger charge is 2.09. The molecule has 0 aliphatic rings. The summed E-state index contributed by atoms with van der Waals surface area (Å²) in [6, 6.07) is 0. The van der Waals surface area contributed by atoms with Crippen molar-refractivity contribution in [3.05, 3.63) is 33.7 Å². The smallest absolute Gasteiger partial charge is 0.287 e. The minimum atomic E-state index is -0.258. The van der Waals surface area contributed by atoms with Gasteiger partial charge in [0.2, 0.25) is 0 Å². The molecule has 2 rings (SSSR count). The van der Waals surface area contributed by atoms with E-state index in [1.807, 2.05) is 7.05 Å². The van der Waals surface area contributed by atoms with Gasteiger partial charge in [0.15, 0.2) is 5.82 Å². The highest BCUT2D eigenvalue weighted by Crippen LogP contribution is 2.15. The van der Waals surface area contributed by atoms with Crippen LogP contribution in [0, 0.1) is 0 Å². The lowest BCUT2D eigenvalue weighted by molar-refractivity contribution is 0.543. The van der Waals surface area contributed by atoms with Crippen molar-refractivity contribution in [3.8, 4) is 0 Å². The summed E-state index contributed by atoms with van der Waals surface area (Å²) in [7, 11) is 1.82. The monoisotopic (exact) mass is 310 g/mol. The molecule has 0 fully saturated rings. The average Bonchev–Trinajstić information content (AvgIpc) is 2.88. The summed E-state index contributed by atoms with van der Waals surface area (Å²) in [5.41, 5.74) is 0.288. The Kier molecular flexibility index (Phi) is 5.32. The molecule has 0 radical (unpaired) electrons. The first-order valence-electron chi connectivity index (χ1n) is 6.95. The third kappa shape index (κ3) is 4.04. The van der Waals surface area contributed by atoms with Gasteiger partial charge in [0.1, 0.15) is 11.3 Å². The number of hydrogen-bond acceptors (Lipinski definition) is 5. The van der Waals surface area contributed by atoms with Gasteiger partial charge in [-0.1, -0.05) is 24.9 Å². The minimum Gasteiger partial charge on any atom is -0.382 e. The third-order valence-corrected chi connectivity index (χ3v) is 3.38. The van der Waals surface area contributed by atoms with Gasteiger partial charge >= 0.3 is 0 Å². The van der Waals surface area contributed by atoms with E-state index in [0.717, 1.165) is 18.7 Å². The van der Waals surface area contributed by atoms with Gasteiger partial charge in [0.25, 0.3) is 5.56 Å². The van der Waals surface area contributed by atoms with E-state index in [1.54, 1.807) is 17.2 Å². The molecule has 0 spiro atoms. The highest BCUT2D eigenvalue weighted by atomic mass is 35.5. The summed E-state index contributed by atoms with van der Waals surface area (Å²) in [5.74, 6) is 0.741. The van der Waals surface area contributed by atoms with Crippen molar-refractivity contribution in [1.82, 2.24) is 24.5 Å². The van der Waals surface area contributed by atoms with Gasteiger partial charge in [-0.25, -0.2) is 9.67 Å². The Hall–Kier alpha value is -1.89. The fraction of sp³-hybridized carbons (Fsp3) is 0.538. The molecule has 2 aromatic rings. The zero-order chi connectivity index (χ0) is 15.2. The molecule has 7 nitrogen and oxygen atoms in total. The molecular formula is C13H19ClN6O. The van der Waals surface area contributed by atoms with Crippen LogP contribution in [0.3, 0.4) is 0 Å². The molecule has 0 aliphatic heterocycles. The Labute approximate surface area is 128 Å². The van der Waals surface area contributed by atoms with Gasteiger partial charge in [0.05, 0.1) is 11.9 Å². The van der Waals surface area contributed by atoms with E-state index in [4.69, 9.17) is 11.6 Å². The molecule has 0 amide bonds. The molecule has 8 heteroatoms. The van der Waals surface area contributed by atoms with E-state index in [1.165, 1.54) is 4.68 Å². The first kappa shape index (κ1) is 15.5. The van der Waals surface area contributed by atoms with Crippen LogP contribution >= 0.6 is 11.6 Å². The predicted octanol–water partition coefficient (Wildman–Crippen LogP) is 1.48. The summed E-state index contributed by atoms with van der Waals surface area (Å²) in [5, 5.41) is 11.6. The summed E-state index contributed by atoms with van der Waals surface area (Å²) in [6.07, 6.45) is 5.80. The number of nitrogens with zero attached hydrogens (tertiary/aromatic N) is 5. The quantitative estimate of drug-likeness (QED) is 0.838. The Morgan fingerprint density at radius 1 is 1.43 bits per heavy atom. The van der Waals surface area contributed by atoms with Gasteiger partial charge < -0.3 is 5.32 Å². The van der Waals surface area contributed by atoms with Gasteiger partial charge in [-0.15, -0.1) is 0 Å². The lowest BCUT2D eigenvalue weighted by atomic mass is 10.3. The van der Waals surface area contributed by atoms with Crippen molar-refractivity contribution in [1.29, 1.82) is 0 Å². The van der Waals surface area contributed by atoms with Crippen LogP contribution in [0.2, 0.25) is 5.02 Å². The second-order valence-electron chi connectivity index (χ2n) is 4.77. The second kappa shape index (κ2) is 7.21. The molecular weight excluding hydrogens is 292 g/mol. The van der Waals surface area contributed by atoms with E-state index in [-0.39, 0.29) is 10.6 Å². The van der Waals surface area contributed by atoms with E-state index < -0.39 is 0 Å².